The predicted octanol–water partition coefficient (Wildman–Crippen LogP) is 1.20. The smallest absolute Gasteiger partial charge is 0.175 e. The highest BCUT2D eigenvalue weighted by Gasteiger charge is 2.06. The fourth-order valence-electron chi connectivity index (χ4n) is 0.536. The van der Waals surface area contributed by atoms with E-state index in [9.17, 15) is 0 Å². The Morgan fingerprint density at radius 2 is 2.31 bits per heavy atom. The third kappa shape index (κ3) is 3.52. The van der Waals surface area contributed by atoms with Gasteiger partial charge < -0.3 is 5.73 Å². The molecule has 70 valence electrons. The molecule has 13 heavy (non-hydrogen) atoms. The molecule has 0 saturated heterocycles. The highest BCUT2D eigenvalue weighted by molar-refractivity contribution is 8.03. The van der Waals surface area contributed by atoms with Crippen molar-refractivity contribution in [3.63, 3.8) is 0 Å². The highest BCUT2D eigenvalue weighted by atomic mass is 32.2. The fourth-order valence-corrected chi connectivity index (χ4v) is 2.87. The minimum Gasteiger partial charge on any atom is -0.315 e. The van der Waals surface area contributed by atoms with Crippen LogP contribution in [0.3, 0.4) is 0 Å². The number of nitriles is 1. The van der Waals surface area contributed by atoms with Crippen molar-refractivity contribution in [1.29, 1.82) is 5.26 Å². The maximum absolute atomic E-state index is 8.44. The first-order valence-electron chi connectivity index (χ1n) is 3.41. The highest BCUT2D eigenvalue weighted by Crippen LogP contribution is 2.27. The molecule has 1 unspecified atom stereocenters. The molecule has 0 bridgehead atoms. The van der Waals surface area contributed by atoms with Crippen molar-refractivity contribution in [3.8, 4) is 6.07 Å². The Morgan fingerprint density at radius 1 is 1.62 bits per heavy atom. The van der Waals surface area contributed by atoms with Crippen LogP contribution in [0.2, 0.25) is 0 Å². The van der Waals surface area contributed by atoms with Gasteiger partial charge in [-0.25, -0.2) is 0 Å². The summed E-state index contributed by atoms with van der Waals surface area (Å²) in [6.45, 7) is 0. The second-order valence-corrected chi connectivity index (χ2v) is 5.38. The van der Waals surface area contributed by atoms with Gasteiger partial charge in [0.25, 0.3) is 0 Å². The SMILES string of the molecule is CSc1nnc(SCC(N)C#N)s1. The lowest BCUT2D eigenvalue weighted by molar-refractivity contribution is 0.936. The lowest BCUT2D eigenvalue weighted by Gasteiger charge is -1.96. The maximum atomic E-state index is 8.44. The number of nitrogens with zero attached hydrogens (tertiary/aromatic N) is 3. The lowest BCUT2D eigenvalue weighted by Crippen LogP contribution is -2.19. The van der Waals surface area contributed by atoms with E-state index in [2.05, 4.69) is 10.2 Å². The lowest BCUT2D eigenvalue weighted by atomic mass is 10.4. The molecule has 4 nitrogen and oxygen atoms in total. The van der Waals surface area contributed by atoms with E-state index in [1.807, 2.05) is 12.3 Å². The Labute approximate surface area is 88.9 Å². The number of hydrogen-bond acceptors (Lipinski definition) is 7. The van der Waals surface area contributed by atoms with Gasteiger partial charge in [0.15, 0.2) is 8.68 Å². The maximum Gasteiger partial charge on any atom is 0.175 e. The standard InChI is InChI=1S/C6H8N4S3/c1-11-5-9-10-6(13-5)12-3-4(8)2-7/h4H,3,8H2,1H3. The van der Waals surface area contributed by atoms with Crippen molar-refractivity contribution >= 4 is 34.9 Å². The number of thioether (sulfide) groups is 2. The van der Waals surface area contributed by atoms with Crippen molar-refractivity contribution < 1.29 is 0 Å². The molecule has 0 aliphatic heterocycles. The van der Waals surface area contributed by atoms with Gasteiger partial charge in [0.1, 0.15) is 6.04 Å². The zero-order valence-corrected chi connectivity index (χ0v) is 9.38. The van der Waals surface area contributed by atoms with Crippen LogP contribution in [0.1, 0.15) is 0 Å². The number of nitrogens with two attached hydrogens (primary N) is 1. The fraction of sp³-hybridized carbons (Fsp3) is 0.500. The molecule has 0 radical (unpaired) electrons. The Hall–Kier alpha value is -0.290. The molecule has 7 heteroatoms. The van der Waals surface area contributed by atoms with Crippen molar-refractivity contribution in [1.82, 2.24) is 10.2 Å². The van der Waals surface area contributed by atoms with Gasteiger partial charge >= 0.3 is 0 Å². The molecule has 0 aliphatic rings. The molecular formula is C6H8N4S3. The summed E-state index contributed by atoms with van der Waals surface area (Å²) in [7, 11) is 0. The molecule has 1 atom stereocenters. The minimum atomic E-state index is -0.424. The average Bonchev–Trinajstić information content (AvgIpc) is 2.61. The van der Waals surface area contributed by atoms with Gasteiger partial charge in [-0.05, 0) is 6.26 Å². The van der Waals surface area contributed by atoms with Crippen molar-refractivity contribution in [2.24, 2.45) is 5.73 Å². The van der Waals surface area contributed by atoms with Gasteiger partial charge in [-0.2, -0.15) is 5.26 Å². The minimum absolute atomic E-state index is 0.424. The summed E-state index contributed by atoms with van der Waals surface area (Å²) in [5.41, 5.74) is 5.43. The van der Waals surface area contributed by atoms with Crippen molar-refractivity contribution in [2.45, 2.75) is 14.7 Å². The largest absolute Gasteiger partial charge is 0.315 e. The molecule has 2 N–H and O–H groups in total. The first kappa shape index (κ1) is 10.8. The van der Waals surface area contributed by atoms with Crippen LogP contribution < -0.4 is 5.73 Å². The van der Waals surface area contributed by atoms with Crippen LogP contribution in [0.15, 0.2) is 8.68 Å². The zero-order chi connectivity index (χ0) is 9.68. The van der Waals surface area contributed by atoms with E-state index in [4.69, 9.17) is 11.0 Å². The Morgan fingerprint density at radius 3 is 2.85 bits per heavy atom. The second kappa shape index (κ2) is 5.44. The summed E-state index contributed by atoms with van der Waals surface area (Å²) in [5, 5.41) is 16.3. The van der Waals surface area contributed by atoms with Crippen molar-refractivity contribution in [2.75, 3.05) is 12.0 Å². The topological polar surface area (TPSA) is 75.6 Å². The van der Waals surface area contributed by atoms with Crippen LogP contribution in [0.25, 0.3) is 0 Å². The van der Waals surface area contributed by atoms with E-state index < -0.39 is 6.04 Å². The molecule has 0 spiro atoms. The first-order valence-corrected chi connectivity index (χ1v) is 6.44. The summed E-state index contributed by atoms with van der Waals surface area (Å²) < 4.78 is 1.81. The number of rotatable bonds is 4. The van der Waals surface area contributed by atoms with Crippen LogP contribution in [-0.2, 0) is 0 Å². The number of aromatic nitrogens is 2. The summed E-state index contributed by atoms with van der Waals surface area (Å²) in [5.74, 6) is 0.569. The van der Waals surface area contributed by atoms with Crippen LogP contribution in [0.5, 0.6) is 0 Å². The molecule has 0 fully saturated rings. The van der Waals surface area contributed by atoms with Crippen LogP contribution >= 0.6 is 34.9 Å². The third-order valence-corrected chi connectivity index (χ3v) is 4.27. The van der Waals surface area contributed by atoms with Crippen LogP contribution in [-0.4, -0.2) is 28.2 Å². The number of hydrogen-bond donors (Lipinski definition) is 1. The van der Waals surface area contributed by atoms with Gasteiger partial charge in [-0.15, -0.1) is 10.2 Å². The summed E-state index contributed by atoms with van der Waals surface area (Å²) in [6, 6.07) is 1.54. The van der Waals surface area contributed by atoms with Gasteiger partial charge in [-0.3, -0.25) is 0 Å². The van der Waals surface area contributed by atoms with Crippen molar-refractivity contribution in [3.05, 3.63) is 0 Å². The van der Waals surface area contributed by atoms with Gasteiger partial charge in [-0.1, -0.05) is 34.9 Å². The van der Waals surface area contributed by atoms with E-state index in [1.54, 1.807) is 11.8 Å². The Kier molecular flexibility index (Phi) is 4.52. The summed E-state index contributed by atoms with van der Waals surface area (Å²) >= 11 is 4.56. The predicted molar refractivity (Wildman–Crippen MR) is 56.0 cm³/mol. The van der Waals surface area contributed by atoms with E-state index in [-0.39, 0.29) is 0 Å². The Balaban J connectivity index is 2.42. The van der Waals surface area contributed by atoms with Crippen LogP contribution in [0, 0.1) is 11.3 Å². The molecule has 0 aromatic carbocycles. The first-order chi connectivity index (χ1) is 6.26. The Bertz CT molecular complexity index is 305. The molecule has 1 heterocycles. The molecule has 1 aromatic rings. The molecule has 0 amide bonds. The quantitative estimate of drug-likeness (QED) is 0.786. The van der Waals surface area contributed by atoms with E-state index in [0.717, 1.165) is 8.68 Å². The normalized spacial score (nSPS) is 12.4. The molecule has 1 aromatic heterocycles. The average molecular weight is 232 g/mol. The van der Waals surface area contributed by atoms with E-state index >= 15 is 0 Å². The molecular weight excluding hydrogens is 224 g/mol. The zero-order valence-electron chi connectivity index (χ0n) is 6.93. The van der Waals surface area contributed by atoms with E-state index in [1.165, 1.54) is 23.1 Å². The van der Waals surface area contributed by atoms with Gasteiger partial charge in [0.2, 0.25) is 0 Å². The summed E-state index contributed by atoms with van der Waals surface area (Å²) in [4.78, 5) is 0. The molecule has 1 rings (SSSR count). The monoisotopic (exact) mass is 232 g/mol. The summed E-state index contributed by atoms with van der Waals surface area (Å²) in [6.07, 6.45) is 1.95. The van der Waals surface area contributed by atoms with Gasteiger partial charge in [0.05, 0.1) is 6.07 Å². The van der Waals surface area contributed by atoms with Crippen LogP contribution in [0.4, 0.5) is 0 Å². The molecule has 0 saturated carbocycles. The second-order valence-electron chi connectivity index (χ2n) is 2.08. The third-order valence-electron chi connectivity index (χ3n) is 1.11. The molecule has 0 aliphatic carbocycles. The van der Waals surface area contributed by atoms with Gasteiger partial charge in [0, 0.05) is 5.75 Å². The van der Waals surface area contributed by atoms with E-state index in [0.29, 0.717) is 5.75 Å².